The van der Waals surface area contributed by atoms with Crippen LogP contribution in [0.4, 0.5) is 0 Å². The number of aryl methyl sites for hydroxylation is 1. The molecular formula is C15H19NO2. The van der Waals surface area contributed by atoms with Crippen LogP contribution in [0.15, 0.2) is 18.2 Å². The molecule has 18 heavy (non-hydrogen) atoms. The van der Waals surface area contributed by atoms with Gasteiger partial charge in [-0.1, -0.05) is 12.1 Å². The molecule has 1 aliphatic heterocycles. The Balaban J connectivity index is 2.07. The first kappa shape index (κ1) is 11.7. The Morgan fingerprint density at radius 3 is 3.11 bits per heavy atom. The first-order chi connectivity index (χ1) is 8.81. The van der Waals surface area contributed by atoms with Crippen LogP contribution < -0.4 is 5.32 Å². The van der Waals surface area contributed by atoms with E-state index in [-0.39, 0.29) is 5.97 Å². The van der Waals surface area contributed by atoms with Crippen molar-refractivity contribution in [3.8, 4) is 0 Å². The van der Waals surface area contributed by atoms with E-state index in [0.29, 0.717) is 12.0 Å². The average molecular weight is 245 g/mol. The molecule has 0 bridgehead atoms. The van der Waals surface area contributed by atoms with Crippen LogP contribution >= 0.6 is 0 Å². The fraction of sp³-hybridized carbons (Fsp3) is 0.533. The molecule has 2 atom stereocenters. The van der Waals surface area contributed by atoms with E-state index in [2.05, 4.69) is 11.4 Å². The van der Waals surface area contributed by atoms with Gasteiger partial charge < -0.3 is 10.1 Å². The van der Waals surface area contributed by atoms with Crippen LogP contribution in [0.2, 0.25) is 0 Å². The van der Waals surface area contributed by atoms with Gasteiger partial charge in [-0.2, -0.15) is 0 Å². The summed E-state index contributed by atoms with van der Waals surface area (Å²) < 4.78 is 4.92. The second-order valence-corrected chi connectivity index (χ2v) is 5.22. The quantitative estimate of drug-likeness (QED) is 0.771. The predicted molar refractivity (Wildman–Crippen MR) is 69.9 cm³/mol. The Bertz CT molecular complexity index is 470. The number of ether oxygens (including phenoxy) is 1. The lowest BCUT2D eigenvalue weighted by molar-refractivity contribution is 0.0597. The zero-order valence-corrected chi connectivity index (χ0v) is 10.7. The molecule has 1 aromatic rings. The highest BCUT2D eigenvalue weighted by Crippen LogP contribution is 2.39. The topological polar surface area (TPSA) is 38.3 Å². The molecule has 2 aliphatic rings. The third-order valence-corrected chi connectivity index (χ3v) is 4.28. The molecule has 3 heteroatoms. The monoisotopic (exact) mass is 245 g/mol. The van der Waals surface area contributed by atoms with E-state index in [9.17, 15) is 4.79 Å². The van der Waals surface area contributed by atoms with Crippen molar-refractivity contribution in [3.63, 3.8) is 0 Å². The molecule has 0 spiro atoms. The fourth-order valence-electron chi connectivity index (χ4n) is 3.47. The third-order valence-electron chi connectivity index (χ3n) is 4.28. The van der Waals surface area contributed by atoms with Gasteiger partial charge in [-0.05, 0) is 49.4 Å². The van der Waals surface area contributed by atoms with Crippen molar-refractivity contribution in [2.24, 2.45) is 0 Å². The van der Waals surface area contributed by atoms with E-state index in [0.717, 1.165) is 18.5 Å². The van der Waals surface area contributed by atoms with Crippen molar-refractivity contribution in [3.05, 3.63) is 34.9 Å². The Kier molecular flexibility index (Phi) is 3.08. The van der Waals surface area contributed by atoms with Gasteiger partial charge >= 0.3 is 5.97 Å². The van der Waals surface area contributed by atoms with Crippen LogP contribution in [-0.4, -0.2) is 25.7 Å². The van der Waals surface area contributed by atoms with E-state index in [1.54, 1.807) is 0 Å². The molecule has 0 aromatic heterocycles. The molecular weight excluding hydrogens is 226 g/mol. The maximum atomic E-state index is 11.9. The predicted octanol–water partition coefficient (Wildman–Crippen LogP) is 2.25. The van der Waals surface area contributed by atoms with Crippen LogP contribution in [-0.2, 0) is 11.2 Å². The zero-order valence-electron chi connectivity index (χ0n) is 10.7. The SMILES string of the molecule is COC(=O)c1cccc2c1[C@@H]1CCCN[C@@H]1CC2. The van der Waals surface area contributed by atoms with Gasteiger partial charge in [0.25, 0.3) is 0 Å². The highest BCUT2D eigenvalue weighted by Gasteiger charge is 2.34. The van der Waals surface area contributed by atoms with Gasteiger partial charge in [0.15, 0.2) is 0 Å². The van der Waals surface area contributed by atoms with E-state index in [1.165, 1.54) is 37.5 Å². The Labute approximate surface area is 108 Å². The van der Waals surface area contributed by atoms with Crippen molar-refractivity contribution in [2.75, 3.05) is 13.7 Å². The Hall–Kier alpha value is -1.35. The third kappa shape index (κ3) is 1.83. The zero-order chi connectivity index (χ0) is 12.5. The molecule has 1 aliphatic carbocycles. The summed E-state index contributed by atoms with van der Waals surface area (Å²) in [5.41, 5.74) is 3.35. The molecule has 1 fully saturated rings. The van der Waals surface area contributed by atoms with Gasteiger partial charge in [0.1, 0.15) is 0 Å². The minimum absolute atomic E-state index is 0.196. The molecule has 0 amide bonds. The van der Waals surface area contributed by atoms with Crippen molar-refractivity contribution in [1.29, 1.82) is 0 Å². The van der Waals surface area contributed by atoms with Crippen LogP contribution in [0.3, 0.4) is 0 Å². The highest BCUT2D eigenvalue weighted by molar-refractivity contribution is 5.91. The van der Waals surface area contributed by atoms with Crippen LogP contribution in [0.1, 0.15) is 46.7 Å². The molecule has 1 saturated heterocycles. The largest absolute Gasteiger partial charge is 0.465 e. The summed E-state index contributed by atoms with van der Waals surface area (Å²) >= 11 is 0. The number of hydrogen-bond acceptors (Lipinski definition) is 3. The van der Waals surface area contributed by atoms with Gasteiger partial charge in [0, 0.05) is 12.0 Å². The molecule has 1 heterocycles. The molecule has 1 N–H and O–H groups in total. The summed E-state index contributed by atoms with van der Waals surface area (Å²) in [5.74, 6) is 0.288. The molecule has 3 rings (SSSR count). The van der Waals surface area contributed by atoms with E-state index >= 15 is 0 Å². The van der Waals surface area contributed by atoms with Gasteiger partial charge in [-0.15, -0.1) is 0 Å². The minimum atomic E-state index is -0.196. The molecule has 3 nitrogen and oxygen atoms in total. The maximum Gasteiger partial charge on any atom is 0.338 e. The lowest BCUT2D eigenvalue weighted by atomic mass is 9.73. The number of fused-ring (bicyclic) bond motifs is 3. The number of methoxy groups -OCH3 is 1. The number of benzene rings is 1. The summed E-state index contributed by atoms with van der Waals surface area (Å²) in [5, 5.41) is 3.59. The van der Waals surface area contributed by atoms with Crippen molar-refractivity contribution in [1.82, 2.24) is 5.32 Å². The number of esters is 1. The fourth-order valence-corrected chi connectivity index (χ4v) is 3.47. The second-order valence-electron chi connectivity index (χ2n) is 5.22. The molecule has 0 saturated carbocycles. The lowest BCUT2D eigenvalue weighted by Gasteiger charge is -2.38. The smallest absolute Gasteiger partial charge is 0.338 e. The second kappa shape index (κ2) is 4.73. The van der Waals surface area contributed by atoms with Crippen LogP contribution in [0.5, 0.6) is 0 Å². The number of rotatable bonds is 1. The number of piperidine rings is 1. The first-order valence-electron chi connectivity index (χ1n) is 6.74. The van der Waals surface area contributed by atoms with E-state index in [1.807, 2.05) is 12.1 Å². The Morgan fingerprint density at radius 1 is 1.39 bits per heavy atom. The summed E-state index contributed by atoms with van der Waals surface area (Å²) in [6.07, 6.45) is 4.62. The van der Waals surface area contributed by atoms with Gasteiger partial charge in [0.2, 0.25) is 0 Å². The summed E-state index contributed by atoms with van der Waals surface area (Å²) in [6, 6.07) is 6.58. The van der Waals surface area contributed by atoms with Crippen molar-refractivity contribution >= 4 is 5.97 Å². The number of carbonyl (C=O) groups excluding carboxylic acids is 1. The van der Waals surface area contributed by atoms with Crippen molar-refractivity contribution in [2.45, 2.75) is 37.6 Å². The average Bonchev–Trinajstić information content (AvgIpc) is 2.45. The minimum Gasteiger partial charge on any atom is -0.465 e. The van der Waals surface area contributed by atoms with E-state index < -0.39 is 0 Å². The lowest BCUT2D eigenvalue weighted by Crippen LogP contribution is -2.43. The standard InChI is InChI=1S/C15H19NO2/c1-18-15(17)12-5-2-4-10-7-8-13-11(14(10)12)6-3-9-16-13/h2,4-5,11,13,16H,3,6-9H2,1H3/t11-,13-/m1/s1. The maximum absolute atomic E-state index is 11.9. The normalized spacial score (nSPS) is 26.1. The van der Waals surface area contributed by atoms with Gasteiger partial charge in [0.05, 0.1) is 12.7 Å². The molecule has 0 unspecified atom stereocenters. The summed E-state index contributed by atoms with van der Waals surface area (Å²) in [6.45, 7) is 1.11. The molecule has 1 aromatic carbocycles. The van der Waals surface area contributed by atoms with Gasteiger partial charge in [-0.3, -0.25) is 0 Å². The first-order valence-corrected chi connectivity index (χ1v) is 6.74. The number of carbonyl (C=O) groups is 1. The summed E-state index contributed by atoms with van der Waals surface area (Å²) in [7, 11) is 1.46. The van der Waals surface area contributed by atoms with Gasteiger partial charge in [-0.25, -0.2) is 4.79 Å². The van der Waals surface area contributed by atoms with Crippen LogP contribution in [0, 0.1) is 0 Å². The Morgan fingerprint density at radius 2 is 2.28 bits per heavy atom. The van der Waals surface area contributed by atoms with Crippen molar-refractivity contribution < 1.29 is 9.53 Å². The molecule has 96 valence electrons. The van der Waals surface area contributed by atoms with E-state index in [4.69, 9.17) is 4.74 Å². The molecule has 0 radical (unpaired) electrons. The number of nitrogens with one attached hydrogen (secondary N) is 1. The van der Waals surface area contributed by atoms with Crippen LogP contribution in [0.25, 0.3) is 0 Å². The highest BCUT2D eigenvalue weighted by atomic mass is 16.5. The summed E-state index contributed by atoms with van der Waals surface area (Å²) in [4.78, 5) is 11.9. The number of hydrogen-bond donors (Lipinski definition) is 1.